The summed E-state index contributed by atoms with van der Waals surface area (Å²) in [7, 11) is 3.95. The van der Waals surface area contributed by atoms with Crippen LogP contribution < -0.4 is 5.32 Å². The monoisotopic (exact) mass is 230 g/mol. The Morgan fingerprint density at radius 1 is 1.00 bits per heavy atom. The van der Waals surface area contributed by atoms with Crippen molar-refractivity contribution in [3.63, 3.8) is 0 Å². The van der Waals surface area contributed by atoms with Crippen molar-refractivity contribution in [2.24, 2.45) is 0 Å². The van der Waals surface area contributed by atoms with E-state index in [9.17, 15) is 0 Å². The van der Waals surface area contributed by atoms with E-state index in [1.807, 2.05) is 0 Å². The number of likely N-dealkylation sites (N-methyl/N-ethyl adjacent to an activating group) is 1. The fourth-order valence-corrected chi connectivity index (χ4v) is 1.67. The predicted octanol–water partition coefficient (Wildman–Crippen LogP) is 2.12. The van der Waals surface area contributed by atoms with Gasteiger partial charge in [0, 0.05) is 26.7 Å². The summed E-state index contributed by atoms with van der Waals surface area (Å²) in [6, 6.07) is 0. The summed E-state index contributed by atoms with van der Waals surface area (Å²) < 4.78 is 4.98. The smallest absolute Gasteiger partial charge is 0.0587 e. The highest BCUT2D eigenvalue weighted by atomic mass is 16.5. The molecule has 0 aromatic carbocycles. The van der Waals surface area contributed by atoms with Crippen LogP contribution in [0.2, 0.25) is 0 Å². The van der Waals surface area contributed by atoms with Gasteiger partial charge in [-0.3, -0.25) is 0 Å². The summed E-state index contributed by atoms with van der Waals surface area (Å²) in [5.41, 5.74) is 0. The normalized spacial score (nSPS) is 11.2. The molecule has 0 aromatic rings. The van der Waals surface area contributed by atoms with Crippen LogP contribution in [0.25, 0.3) is 0 Å². The van der Waals surface area contributed by atoms with E-state index in [-0.39, 0.29) is 0 Å². The minimum Gasteiger partial charge on any atom is -0.383 e. The van der Waals surface area contributed by atoms with Gasteiger partial charge in [-0.15, -0.1) is 0 Å². The SMILES string of the molecule is CCCCCCCN(C)CCNCCOC. The van der Waals surface area contributed by atoms with Crippen molar-refractivity contribution in [1.29, 1.82) is 0 Å². The molecule has 0 saturated heterocycles. The Morgan fingerprint density at radius 3 is 2.44 bits per heavy atom. The van der Waals surface area contributed by atoms with E-state index in [1.54, 1.807) is 7.11 Å². The second kappa shape index (κ2) is 12.9. The van der Waals surface area contributed by atoms with Gasteiger partial charge in [0.2, 0.25) is 0 Å². The first kappa shape index (κ1) is 15.9. The lowest BCUT2D eigenvalue weighted by atomic mass is 10.1. The van der Waals surface area contributed by atoms with Crippen LogP contribution in [-0.4, -0.2) is 51.8 Å². The van der Waals surface area contributed by atoms with Crippen molar-refractivity contribution in [2.45, 2.75) is 39.0 Å². The summed E-state index contributed by atoms with van der Waals surface area (Å²) >= 11 is 0. The number of nitrogens with one attached hydrogen (secondary N) is 1. The average molecular weight is 230 g/mol. The van der Waals surface area contributed by atoms with Crippen LogP contribution >= 0.6 is 0 Å². The molecule has 98 valence electrons. The molecule has 0 aliphatic heterocycles. The fourth-order valence-electron chi connectivity index (χ4n) is 1.67. The minimum atomic E-state index is 0.806. The molecule has 0 heterocycles. The Balaban J connectivity index is 3.09. The molecule has 0 spiro atoms. The third kappa shape index (κ3) is 12.0. The Hall–Kier alpha value is -0.120. The highest BCUT2D eigenvalue weighted by Crippen LogP contribution is 2.02. The number of methoxy groups -OCH3 is 1. The van der Waals surface area contributed by atoms with E-state index in [1.165, 1.54) is 38.6 Å². The van der Waals surface area contributed by atoms with Gasteiger partial charge in [-0.1, -0.05) is 32.6 Å². The zero-order valence-corrected chi connectivity index (χ0v) is 11.4. The van der Waals surface area contributed by atoms with E-state index < -0.39 is 0 Å². The molecule has 0 aliphatic carbocycles. The predicted molar refractivity (Wildman–Crippen MR) is 71.0 cm³/mol. The van der Waals surface area contributed by atoms with Gasteiger partial charge in [-0.05, 0) is 20.0 Å². The standard InChI is InChI=1S/C13H30N2O/c1-4-5-6-7-8-11-15(2)12-9-14-10-13-16-3/h14H,4-13H2,1-3H3. The van der Waals surface area contributed by atoms with Crippen LogP contribution in [0.5, 0.6) is 0 Å². The number of rotatable bonds is 12. The highest BCUT2D eigenvalue weighted by Gasteiger charge is 1.97. The van der Waals surface area contributed by atoms with E-state index in [0.717, 1.165) is 26.2 Å². The Labute approximate surface area is 102 Å². The first-order valence-corrected chi connectivity index (χ1v) is 6.69. The van der Waals surface area contributed by atoms with Gasteiger partial charge >= 0.3 is 0 Å². The van der Waals surface area contributed by atoms with Crippen LogP contribution in [0.1, 0.15) is 39.0 Å². The third-order valence-electron chi connectivity index (χ3n) is 2.80. The maximum absolute atomic E-state index is 4.98. The molecule has 0 amide bonds. The van der Waals surface area contributed by atoms with E-state index in [4.69, 9.17) is 4.74 Å². The van der Waals surface area contributed by atoms with Crippen LogP contribution in [0.15, 0.2) is 0 Å². The summed E-state index contributed by atoms with van der Waals surface area (Å²) in [5.74, 6) is 0. The molecule has 16 heavy (non-hydrogen) atoms. The second-order valence-corrected chi connectivity index (χ2v) is 4.46. The number of hydrogen-bond acceptors (Lipinski definition) is 3. The van der Waals surface area contributed by atoms with Gasteiger partial charge in [0.15, 0.2) is 0 Å². The van der Waals surface area contributed by atoms with E-state index in [2.05, 4.69) is 24.2 Å². The first-order chi connectivity index (χ1) is 7.81. The lowest BCUT2D eigenvalue weighted by Gasteiger charge is -2.16. The minimum absolute atomic E-state index is 0.806. The molecule has 0 aliphatic rings. The van der Waals surface area contributed by atoms with Gasteiger partial charge in [-0.25, -0.2) is 0 Å². The van der Waals surface area contributed by atoms with Crippen molar-refractivity contribution in [2.75, 3.05) is 46.9 Å². The summed E-state index contributed by atoms with van der Waals surface area (Å²) in [6.45, 7) is 7.46. The molecular formula is C13H30N2O. The molecule has 0 saturated carbocycles. The van der Waals surface area contributed by atoms with Crippen molar-refractivity contribution < 1.29 is 4.74 Å². The van der Waals surface area contributed by atoms with Gasteiger partial charge in [-0.2, -0.15) is 0 Å². The van der Waals surface area contributed by atoms with Crippen LogP contribution in [0, 0.1) is 0 Å². The molecule has 0 fully saturated rings. The summed E-state index contributed by atoms with van der Waals surface area (Å²) in [4.78, 5) is 2.41. The molecule has 3 nitrogen and oxygen atoms in total. The molecule has 1 N–H and O–H groups in total. The molecule has 0 rings (SSSR count). The van der Waals surface area contributed by atoms with Crippen LogP contribution in [0.3, 0.4) is 0 Å². The lowest BCUT2D eigenvalue weighted by molar-refractivity contribution is 0.197. The van der Waals surface area contributed by atoms with Gasteiger partial charge in [0.25, 0.3) is 0 Å². The maximum Gasteiger partial charge on any atom is 0.0587 e. The molecule has 0 bridgehead atoms. The molecule has 0 unspecified atom stereocenters. The van der Waals surface area contributed by atoms with Gasteiger partial charge < -0.3 is 15.0 Å². The van der Waals surface area contributed by atoms with Gasteiger partial charge in [0.05, 0.1) is 6.61 Å². The molecule has 3 heteroatoms. The molecule has 0 aromatic heterocycles. The quantitative estimate of drug-likeness (QED) is 0.520. The Bertz CT molecular complexity index is 117. The summed E-state index contributed by atoms with van der Waals surface area (Å²) in [6.07, 6.45) is 6.85. The third-order valence-corrected chi connectivity index (χ3v) is 2.80. The summed E-state index contributed by atoms with van der Waals surface area (Å²) in [5, 5.41) is 3.36. The second-order valence-electron chi connectivity index (χ2n) is 4.46. The van der Waals surface area contributed by atoms with E-state index >= 15 is 0 Å². The number of nitrogens with zero attached hydrogens (tertiary/aromatic N) is 1. The zero-order valence-electron chi connectivity index (χ0n) is 11.4. The number of hydrogen-bond donors (Lipinski definition) is 1. The van der Waals surface area contributed by atoms with Crippen molar-refractivity contribution in [3.8, 4) is 0 Å². The van der Waals surface area contributed by atoms with E-state index in [0.29, 0.717) is 0 Å². The number of ether oxygens (including phenoxy) is 1. The lowest BCUT2D eigenvalue weighted by Crippen LogP contribution is -2.31. The van der Waals surface area contributed by atoms with Crippen LogP contribution in [0.4, 0.5) is 0 Å². The van der Waals surface area contributed by atoms with Crippen molar-refractivity contribution in [1.82, 2.24) is 10.2 Å². The zero-order chi connectivity index (χ0) is 12.1. The first-order valence-electron chi connectivity index (χ1n) is 6.69. The van der Waals surface area contributed by atoms with Crippen molar-refractivity contribution >= 4 is 0 Å². The van der Waals surface area contributed by atoms with Gasteiger partial charge in [0.1, 0.15) is 0 Å². The topological polar surface area (TPSA) is 24.5 Å². The Morgan fingerprint density at radius 2 is 1.75 bits per heavy atom. The highest BCUT2D eigenvalue weighted by molar-refractivity contribution is 4.55. The van der Waals surface area contributed by atoms with Crippen molar-refractivity contribution in [3.05, 3.63) is 0 Å². The molecular weight excluding hydrogens is 200 g/mol. The largest absolute Gasteiger partial charge is 0.383 e. The maximum atomic E-state index is 4.98. The average Bonchev–Trinajstić information content (AvgIpc) is 2.28. The molecule has 0 radical (unpaired) electrons. The molecule has 0 atom stereocenters. The number of unbranched alkanes of at least 4 members (excludes halogenated alkanes) is 4. The Kier molecular flexibility index (Phi) is 12.9. The fraction of sp³-hybridized carbons (Fsp3) is 1.00. The van der Waals surface area contributed by atoms with Crippen LogP contribution in [-0.2, 0) is 4.74 Å².